The Kier molecular flexibility index (Phi) is 7.36. The lowest BCUT2D eigenvalue weighted by molar-refractivity contribution is -0.120. The third-order valence-corrected chi connectivity index (χ3v) is 5.25. The molecule has 6 heteroatoms. The molecule has 0 aliphatic carbocycles. The number of nitrogens with one attached hydrogen (secondary N) is 1. The second kappa shape index (κ2) is 10.2. The van der Waals surface area contributed by atoms with Gasteiger partial charge in [-0.2, -0.15) is 0 Å². The van der Waals surface area contributed by atoms with Gasteiger partial charge in [-0.05, 0) is 43.1 Å². The molecule has 2 aromatic carbocycles. The molecule has 0 radical (unpaired) electrons. The Morgan fingerprint density at radius 3 is 2.17 bits per heavy atom. The minimum atomic E-state index is -0.0725. The van der Waals surface area contributed by atoms with Crippen molar-refractivity contribution in [3.63, 3.8) is 0 Å². The van der Waals surface area contributed by atoms with Gasteiger partial charge in [0.1, 0.15) is 0 Å². The minimum Gasteiger partial charge on any atom is -0.493 e. The van der Waals surface area contributed by atoms with Gasteiger partial charge in [0.2, 0.25) is 11.7 Å². The molecule has 0 unspecified atom stereocenters. The van der Waals surface area contributed by atoms with Crippen LogP contribution in [-0.2, 0) is 24.3 Å². The van der Waals surface area contributed by atoms with Crippen molar-refractivity contribution in [3.05, 3.63) is 53.1 Å². The molecule has 156 valence electrons. The molecular weight excluding hydrogens is 368 g/mol. The topological polar surface area (TPSA) is 60.0 Å². The number of hydrogen-bond donors (Lipinski definition) is 1. The molecule has 1 heterocycles. The van der Waals surface area contributed by atoms with Crippen LogP contribution in [-0.4, -0.2) is 45.2 Å². The SMILES string of the molecule is COc1ccc(CC(=O)NCc2ccc(CN3CCCC3)cc2)c(OC)c1OC. The van der Waals surface area contributed by atoms with Crippen molar-refractivity contribution < 1.29 is 19.0 Å². The number of hydrogen-bond acceptors (Lipinski definition) is 5. The van der Waals surface area contributed by atoms with Crippen LogP contribution in [0, 0.1) is 0 Å². The fourth-order valence-corrected chi connectivity index (χ4v) is 3.70. The Balaban J connectivity index is 1.56. The van der Waals surface area contributed by atoms with Crippen molar-refractivity contribution >= 4 is 5.91 Å². The second-order valence-corrected chi connectivity index (χ2v) is 7.25. The summed E-state index contributed by atoms with van der Waals surface area (Å²) in [7, 11) is 4.68. The maximum Gasteiger partial charge on any atom is 0.224 e. The van der Waals surface area contributed by atoms with Crippen LogP contribution < -0.4 is 19.5 Å². The van der Waals surface area contributed by atoms with E-state index in [1.165, 1.54) is 31.5 Å². The molecule has 1 aliphatic heterocycles. The number of amides is 1. The van der Waals surface area contributed by atoms with Crippen LogP contribution in [0.15, 0.2) is 36.4 Å². The van der Waals surface area contributed by atoms with Gasteiger partial charge in [0.25, 0.3) is 0 Å². The number of rotatable bonds is 9. The van der Waals surface area contributed by atoms with Crippen molar-refractivity contribution in [1.82, 2.24) is 10.2 Å². The van der Waals surface area contributed by atoms with Gasteiger partial charge in [0.15, 0.2) is 11.5 Å². The third-order valence-electron chi connectivity index (χ3n) is 5.25. The molecule has 0 aromatic heterocycles. The Labute approximate surface area is 172 Å². The first-order valence-electron chi connectivity index (χ1n) is 9.99. The van der Waals surface area contributed by atoms with Crippen LogP contribution >= 0.6 is 0 Å². The summed E-state index contributed by atoms with van der Waals surface area (Å²) in [5.74, 6) is 1.52. The number of nitrogens with zero attached hydrogens (tertiary/aromatic N) is 1. The van der Waals surface area contributed by atoms with E-state index in [4.69, 9.17) is 14.2 Å². The summed E-state index contributed by atoms with van der Waals surface area (Å²) >= 11 is 0. The van der Waals surface area contributed by atoms with Crippen molar-refractivity contribution in [2.45, 2.75) is 32.4 Å². The van der Waals surface area contributed by atoms with E-state index in [-0.39, 0.29) is 12.3 Å². The molecule has 2 aromatic rings. The highest BCUT2D eigenvalue weighted by Gasteiger charge is 2.18. The molecule has 0 bridgehead atoms. The lowest BCUT2D eigenvalue weighted by atomic mass is 10.1. The smallest absolute Gasteiger partial charge is 0.224 e. The fourth-order valence-electron chi connectivity index (χ4n) is 3.70. The number of carbonyl (C=O) groups is 1. The number of carbonyl (C=O) groups excluding carboxylic acids is 1. The van der Waals surface area contributed by atoms with Gasteiger partial charge in [-0.15, -0.1) is 0 Å². The molecule has 0 saturated carbocycles. The van der Waals surface area contributed by atoms with Gasteiger partial charge in [-0.3, -0.25) is 9.69 Å². The summed E-state index contributed by atoms with van der Waals surface area (Å²) < 4.78 is 16.1. The Morgan fingerprint density at radius 2 is 1.55 bits per heavy atom. The second-order valence-electron chi connectivity index (χ2n) is 7.25. The van der Waals surface area contributed by atoms with Gasteiger partial charge in [-0.25, -0.2) is 0 Å². The summed E-state index contributed by atoms with van der Waals surface area (Å²) in [4.78, 5) is 14.9. The highest BCUT2D eigenvalue weighted by Crippen LogP contribution is 2.39. The van der Waals surface area contributed by atoms with Crippen LogP contribution in [0.25, 0.3) is 0 Å². The average Bonchev–Trinajstić information content (AvgIpc) is 3.25. The van der Waals surface area contributed by atoms with E-state index in [9.17, 15) is 4.79 Å². The zero-order valence-corrected chi connectivity index (χ0v) is 17.5. The highest BCUT2D eigenvalue weighted by molar-refractivity contribution is 5.80. The zero-order valence-electron chi connectivity index (χ0n) is 17.5. The zero-order chi connectivity index (χ0) is 20.6. The van der Waals surface area contributed by atoms with E-state index in [0.29, 0.717) is 23.8 Å². The van der Waals surface area contributed by atoms with Gasteiger partial charge in [0, 0.05) is 18.7 Å². The summed E-state index contributed by atoms with van der Waals surface area (Å²) in [5, 5.41) is 2.98. The van der Waals surface area contributed by atoms with Gasteiger partial charge in [-0.1, -0.05) is 30.3 Å². The predicted molar refractivity (Wildman–Crippen MR) is 113 cm³/mol. The van der Waals surface area contributed by atoms with Crippen LogP contribution in [0.5, 0.6) is 17.2 Å². The summed E-state index contributed by atoms with van der Waals surface area (Å²) in [6.07, 6.45) is 2.81. The predicted octanol–water partition coefficient (Wildman–Crippen LogP) is 3.17. The Hall–Kier alpha value is -2.73. The molecule has 0 spiro atoms. The normalized spacial score (nSPS) is 13.9. The third kappa shape index (κ3) is 5.41. The van der Waals surface area contributed by atoms with E-state index in [2.05, 4.69) is 34.5 Å². The largest absolute Gasteiger partial charge is 0.493 e. The van der Waals surface area contributed by atoms with Gasteiger partial charge >= 0.3 is 0 Å². The first kappa shape index (κ1) is 21.0. The van der Waals surface area contributed by atoms with Crippen LogP contribution in [0.4, 0.5) is 0 Å². The molecule has 1 aliphatic rings. The number of likely N-dealkylation sites (tertiary alicyclic amines) is 1. The fraction of sp³-hybridized carbons (Fsp3) is 0.435. The van der Waals surface area contributed by atoms with Gasteiger partial charge in [0.05, 0.1) is 27.8 Å². The number of ether oxygens (including phenoxy) is 3. The summed E-state index contributed by atoms with van der Waals surface area (Å²) in [5.41, 5.74) is 3.16. The van der Waals surface area contributed by atoms with Gasteiger partial charge < -0.3 is 19.5 Å². The molecule has 3 rings (SSSR count). The van der Waals surface area contributed by atoms with E-state index in [0.717, 1.165) is 17.7 Å². The van der Waals surface area contributed by atoms with Crippen LogP contribution in [0.3, 0.4) is 0 Å². The summed E-state index contributed by atoms with van der Waals surface area (Å²) in [6.45, 7) is 3.89. The maximum atomic E-state index is 12.5. The van der Waals surface area contributed by atoms with Crippen LogP contribution in [0.1, 0.15) is 29.5 Å². The van der Waals surface area contributed by atoms with Crippen molar-refractivity contribution in [2.75, 3.05) is 34.4 Å². The van der Waals surface area contributed by atoms with E-state index >= 15 is 0 Å². The minimum absolute atomic E-state index is 0.0725. The molecule has 1 N–H and O–H groups in total. The van der Waals surface area contributed by atoms with E-state index in [1.807, 2.05) is 6.07 Å². The van der Waals surface area contributed by atoms with Crippen molar-refractivity contribution in [1.29, 1.82) is 0 Å². The standard InChI is InChI=1S/C23H30N2O4/c1-27-20-11-10-19(22(28-2)23(20)29-3)14-21(26)24-15-17-6-8-18(9-7-17)16-25-12-4-5-13-25/h6-11H,4-5,12-16H2,1-3H3,(H,24,26). The lowest BCUT2D eigenvalue weighted by Crippen LogP contribution is -2.25. The Morgan fingerprint density at radius 1 is 0.897 bits per heavy atom. The number of methoxy groups -OCH3 is 3. The molecule has 6 nitrogen and oxygen atoms in total. The maximum absolute atomic E-state index is 12.5. The highest BCUT2D eigenvalue weighted by atomic mass is 16.5. The first-order valence-corrected chi connectivity index (χ1v) is 9.99. The Bertz CT molecular complexity index is 814. The summed E-state index contributed by atoms with van der Waals surface area (Å²) in [6, 6.07) is 12.1. The van der Waals surface area contributed by atoms with E-state index < -0.39 is 0 Å². The number of benzene rings is 2. The molecule has 1 fully saturated rings. The molecule has 29 heavy (non-hydrogen) atoms. The van der Waals surface area contributed by atoms with E-state index in [1.54, 1.807) is 27.4 Å². The monoisotopic (exact) mass is 398 g/mol. The van der Waals surface area contributed by atoms with Crippen molar-refractivity contribution in [3.8, 4) is 17.2 Å². The lowest BCUT2D eigenvalue weighted by Gasteiger charge is -2.16. The molecule has 1 amide bonds. The molecular formula is C23H30N2O4. The quantitative estimate of drug-likeness (QED) is 0.703. The molecule has 0 atom stereocenters. The molecule has 1 saturated heterocycles. The van der Waals surface area contributed by atoms with Crippen LogP contribution in [0.2, 0.25) is 0 Å². The average molecular weight is 399 g/mol. The first-order chi connectivity index (χ1) is 14.1. The van der Waals surface area contributed by atoms with Crippen molar-refractivity contribution in [2.24, 2.45) is 0 Å².